The molecule has 1 atom stereocenters. The average molecular weight is 192 g/mol. The monoisotopic (exact) mass is 192 g/mol. The molecule has 76 valence electrons. The summed E-state index contributed by atoms with van der Waals surface area (Å²) < 4.78 is 0. The van der Waals surface area contributed by atoms with Gasteiger partial charge < -0.3 is 4.84 Å². The minimum Gasteiger partial charge on any atom is -0.304 e. The number of rotatable bonds is 6. The lowest BCUT2D eigenvalue weighted by atomic mass is 10.1. The van der Waals surface area contributed by atoms with Crippen LogP contribution in [0.1, 0.15) is 20.3 Å². The second kappa shape index (κ2) is 5.28. The van der Waals surface area contributed by atoms with E-state index >= 15 is 0 Å². The van der Waals surface area contributed by atoms with Gasteiger partial charge >= 0.3 is 0 Å². The quantitative estimate of drug-likeness (QED) is 0.459. The van der Waals surface area contributed by atoms with Crippen LogP contribution in [0.4, 0.5) is 0 Å². The summed E-state index contributed by atoms with van der Waals surface area (Å²) >= 11 is 0. The molecule has 0 rings (SSSR count). The highest BCUT2D eigenvalue weighted by Crippen LogP contribution is 2.08. The fraction of sp³-hybridized carbons (Fsp3) is 1.00. The van der Waals surface area contributed by atoms with E-state index in [9.17, 15) is 20.2 Å². The minimum absolute atomic E-state index is 0.130. The summed E-state index contributed by atoms with van der Waals surface area (Å²) in [4.78, 5) is 23.5. The third-order valence-electron chi connectivity index (χ3n) is 1.32. The van der Waals surface area contributed by atoms with Crippen LogP contribution in [0.15, 0.2) is 0 Å². The molecule has 7 heteroatoms. The molecule has 0 radical (unpaired) electrons. The fourth-order valence-corrected chi connectivity index (χ4v) is 0.965. The molecule has 0 amide bonds. The zero-order valence-corrected chi connectivity index (χ0v) is 7.50. The van der Waals surface area contributed by atoms with Crippen molar-refractivity contribution in [3.63, 3.8) is 0 Å². The third kappa shape index (κ3) is 6.98. The lowest BCUT2D eigenvalue weighted by Crippen LogP contribution is -2.27. The van der Waals surface area contributed by atoms with E-state index in [4.69, 9.17) is 0 Å². The van der Waals surface area contributed by atoms with Gasteiger partial charge in [-0.25, -0.2) is 0 Å². The van der Waals surface area contributed by atoms with Crippen LogP contribution in [0.2, 0.25) is 0 Å². The summed E-state index contributed by atoms with van der Waals surface area (Å²) in [6.07, 6.45) is -0.632. The average Bonchev–Trinajstić information content (AvgIpc) is 1.80. The topological polar surface area (TPSA) is 95.5 Å². The Labute approximate surface area is 74.9 Å². The molecular weight excluding hydrogens is 180 g/mol. The van der Waals surface area contributed by atoms with Crippen LogP contribution >= 0.6 is 0 Å². The van der Waals surface area contributed by atoms with Crippen molar-refractivity contribution in [3.8, 4) is 0 Å². The van der Waals surface area contributed by atoms with Crippen LogP contribution in [0.3, 0.4) is 0 Å². The van der Waals surface area contributed by atoms with Gasteiger partial charge in [-0.2, -0.15) is 0 Å². The van der Waals surface area contributed by atoms with E-state index in [0.29, 0.717) is 6.42 Å². The van der Waals surface area contributed by atoms with Gasteiger partial charge in [-0.3, -0.25) is 10.1 Å². The van der Waals surface area contributed by atoms with Crippen LogP contribution in [0.25, 0.3) is 0 Å². The van der Waals surface area contributed by atoms with E-state index in [0.717, 1.165) is 0 Å². The fourth-order valence-electron chi connectivity index (χ4n) is 0.965. The first-order valence-corrected chi connectivity index (χ1v) is 3.84. The highest BCUT2D eigenvalue weighted by Gasteiger charge is 2.20. The number of nitro groups is 1. The molecule has 0 saturated carbocycles. The molecule has 13 heavy (non-hydrogen) atoms. The SMILES string of the molecule is CC(C)CC(C[N+](=O)[O-])O[N+](=O)[O-]. The molecule has 1 unspecified atom stereocenters. The summed E-state index contributed by atoms with van der Waals surface area (Å²) in [5.41, 5.74) is 0. The van der Waals surface area contributed by atoms with Gasteiger partial charge in [0, 0.05) is 4.92 Å². The van der Waals surface area contributed by atoms with Crippen LogP contribution in [-0.2, 0) is 4.84 Å². The number of hydrogen-bond donors (Lipinski definition) is 0. The Hall–Kier alpha value is -1.40. The molecule has 0 aromatic rings. The Morgan fingerprint density at radius 2 is 1.85 bits per heavy atom. The van der Waals surface area contributed by atoms with Gasteiger partial charge in [0.15, 0.2) is 6.10 Å². The summed E-state index contributed by atoms with van der Waals surface area (Å²) in [5.74, 6) is 0.130. The molecule has 0 N–H and O–H groups in total. The molecule has 0 aliphatic rings. The Kier molecular flexibility index (Phi) is 4.71. The van der Waals surface area contributed by atoms with E-state index in [1.165, 1.54) is 0 Å². The predicted molar refractivity (Wildman–Crippen MR) is 43.2 cm³/mol. The van der Waals surface area contributed by atoms with E-state index in [2.05, 4.69) is 4.84 Å². The van der Waals surface area contributed by atoms with E-state index in [1.807, 2.05) is 13.8 Å². The molecular formula is C6H12N2O5. The number of hydrogen-bond acceptors (Lipinski definition) is 5. The van der Waals surface area contributed by atoms with E-state index in [1.54, 1.807) is 0 Å². The molecule has 0 spiro atoms. The van der Waals surface area contributed by atoms with Crippen molar-refractivity contribution in [2.45, 2.75) is 26.4 Å². The summed E-state index contributed by atoms with van der Waals surface area (Å²) in [5, 5.41) is 19.0. The largest absolute Gasteiger partial charge is 0.304 e. The third-order valence-corrected chi connectivity index (χ3v) is 1.32. The molecule has 0 aromatic heterocycles. The van der Waals surface area contributed by atoms with Gasteiger partial charge in [-0.05, 0) is 12.3 Å². The van der Waals surface area contributed by atoms with Crippen molar-refractivity contribution < 1.29 is 14.8 Å². The van der Waals surface area contributed by atoms with Crippen LogP contribution in [0, 0.1) is 26.1 Å². The van der Waals surface area contributed by atoms with Crippen molar-refractivity contribution in [2.24, 2.45) is 5.92 Å². The standard InChI is InChI=1S/C6H12N2O5/c1-5(2)3-6(4-7(9)10)13-8(11)12/h5-6H,3-4H2,1-2H3. The van der Waals surface area contributed by atoms with Gasteiger partial charge in [-0.15, -0.1) is 10.1 Å². The van der Waals surface area contributed by atoms with Gasteiger partial charge in [0.25, 0.3) is 5.09 Å². The first-order chi connectivity index (χ1) is 5.91. The lowest BCUT2D eigenvalue weighted by molar-refractivity contribution is -0.774. The van der Waals surface area contributed by atoms with Crippen LogP contribution < -0.4 is 0 Å². The smallest absolute Gasteiger partial charge is 0.295 e. The first-order valence-electron chi connectivity index (χ1n) is 3.84. The zero-order valence-electron chi connectivity index (χ0n) is 7.50. The Balaban J connectivity index is 4.02. The summed E-state index contributed by atoms with van der Waals surface area (Å²) in [7, 11) is 0. The lowest BCUT2D eigenvalue weighted by Gasteiger charge is -2.12. The normalized spacial score (nSPS) is 12.5. The van der Waals surface area contributed by atoms with Gasteiger partial charge in [0.2, 0.25) is 6.54 Å². The Morgan fingerprint density at radius 3 is 2.15 bits per heavy atom. The molecule has 0 fully saturated rings. The van der Waals surface area contributed by atoms with Gasteiger partial charge in [0.05, 0.1) is 0 Å². The van der Waals surface area contributed by atoms with E-state index < -0.39 is 22.7 Å². The Morgan fingerprint density at radius 1 is 1.31 bits per heavy atom. The molecule has 0 aromatic carbocycles. The molecule has 0 bridgehead atoms. The second-order valence-corrected chi connectivity index (χ2v) is 3.10. The zero-order chi connectivity index (χ0) is 10.4. The first kappa shape index (κ1) is 11.6. The molecule has 7 nitrogen and oxygen atoms in total. The molecule has 0 aliphatic carbocycles. The summed E-state index contributed by atoms with van der Waals surface area (Å²) in [6.45, 7) is 3.10. The van der Waals surface area contributed by atoms with Crippen molar-refractivity contribution in [1.29, 1.82) is 0 Å². The van der Waals surface area contributed by atoms with Crippen LogP contribution in [0.5, 0.6) is 0 Å². The minimum atomic E-state index is -0.990. The van der Waals surface area contributed by atoms with Crippen molar-refractivity contribution in [1.82, 2.24) is 0 Å². The highest BCUT2D eigenvalue weighted by molar-refractivity contribution is 4.57. The maximum Gasteiger partial charge on any atom is 0.295 e. The maximum absolute atomic E-state index is 10.1. The number of nitrogens with zero attached hydrogens (tertiary/aromatic N) is 2. The second-order valence-electron chi connectivity index (χ2n) is 3.10. The van der Waals surface area contributed by atoms with E-state index in [-0.39, 0.29) is 5.92 Å². The highest BCUT2D eigenvalue weighted by atomic mass is 17.0. The molecule has 0 aliphatic heterocycles. The van der Waals surface area contributed by atoms with Gasteiger partial charge in [-0.1, -0.05) is 13.8 Å². The molecule has 0 heterocycles. The molecule has 0 saturated heterocycles. The maximum atomic E-state index is 10.1. The van der Waals surface area contributed by atoms with Crippen molar-refractivity contribution in [3.05, 3.63) is 20.2 Å². The van der Waals surface area contributed by atoms with Crippen LogP contribution in [-0.4, -0.2) is 22.7 Å². The van der Waals surface area contributed by atoms with Crippen molar-refractivity contribution >= 4 is 0 Å². The van der Waals surface area contributed by atoms with Gasteiger partial charge in [0.1, 0.15) is 0 Å². The predicted octanol–water partition coefficient (Wildman–Crippen LogP) is 0.886. The Bertz CT molecular complexity index is 177. The summed E-state index contributed by atoms with van der Waals surface area (Å²) in [6, 6.07) is 0. The van der Waals surface area contributed by atoms with Crippen molar-refractivity contribution in [2.75, 3.05) is 6.54 Å².